The van der Waals surface area contributed by atoms with Crippen molar-refractivity contribution in [3.8, 4) is 0 Å². The first-order valence-electron chi connectivity index (χ1n) is 5.27. The van der Waals surface area contributed by atoms with Gasteiger partial charge in [-0.2, -0.15) is 0 Å². The first-order chi connectivity index (χ1) is 8.63. The minimum Gasteiger partial charge on any atom is -0.289 e. The Morgan fingerprint density at radius 3 is 2.06 bits per heavy atom. The van der Waals surface area contributed by atoms with E-state index >= 15 is 0 Å². The summed E-state index contributed by atoms with van der Waals surface area (Å²) in [5.74, 6) is -0.0828. The summed E-state index contributed by atoms with van der Waals surface area (Å²) in [5.41, 5.74) is 1.92. The number of hydrogen-bond donors (Lipinski definition) is 0. The second-order valence-corrected chi connectivity index (χ2v) is 5.12. The van der Waals surface area contributed by atoms with Crippen molar-refractivity contribution in [3.05, 3.63) is 69.2 Å². The topological polar surface area (TPSA) is 17.1 Å². The molecule has 18 heavy (non-hydrogen) atoms. The molecule has 0 atom stereocenters. The number of carbonyl (C=O) groups is 1. The predicted molar refractivity (Wildman–Crippen MR) is 79.0 cm³/mol. The minimum atomic E-state index is -0.0828. The molecule has 1 nitrogen and oxygen atoms in total. The summed E-state index contributed by atoms with van der Waals surface area (Å²) in [7, 11) is 0. The van der Waals surface area contributed by atoms with Crippen LogP contribution in [0.4, 0.5) is 0 Å². The standard InChI is InChI=1S/C14H9BrCl2O/c15-8-11-12(16)6-10(7-13(11)17)14(18)9-4-2-1-3-5-9/h1-7H,8H2. The van der Waals surface area contributed by atoms with Crippen molar-refractivity contribution in [2.24, 2.45) is 0 Å². The van der Waals surface area contributed by atoms with Gasteiger partial charge in [-0.25, -0.2) is 0 Å². The highest BCUT2D eigenvalue weighted by Gasteiger charge is 2.13. The maximum absolute atomic E-state index is 12.2. The molecule has 92 valence electrons. The fraction of sp³-hybridized carbons (Fsp3) is 0.0714. The molecule has 0 spiro atoms. The van der Waals surface area contributed by atoms with E-state index < -0.39 is 0 Å². The van der Waals surface area contributed by atoms with Crippen LogP contribution < -0.4 is 0 Å². The first kappa shape index (κ1) is 13.6. The summed E-state index contributed by atoms with van der Waals surface area (Å²) in [6.45, 7) is 0. The predicted octanol–water partition coefficient (Wildman–Crippen LogP) is 5.12. The van der Waals surface area contributed by atoms with Crippen molar-refractivity contribution >= 4 is 44.9 Å². The van der Waals surface area contributed by atoms with E-state index in [0.29, 0.717) is 26.5 Å². The maximum Gasteiger partial charge on any atom is 0.193 e. The van der Waals surface area contributed by atoms with Gasteiger partial charge in [0.2, 0.25) is 0 Å². The van der Waals surface area contributed by atoms with Gasteiger partial charge in [-0.3, -0.25) is 4.79 Å². The van der Waals surface area contributed by atoms with Gasteiger partial charge in [-0.1, -0.05) is 69.5 Å². The molecule has 0 bridgehead atoms. The molecule has 0 radical (unpaired) electrons. The van der Waals surface area contributed by atoms with Crippen LogP contribution in [0.2, 0.25) is 10.0 Å². The Bertz CT molecular complexity index is 559. The molecule has 0 saturated heterocycles. The van der Waals surface area contributed by atoms with Crippen molar-refractivity contribution < 1.29 is 4.79 Å². The molecule has 0 aliphatic heterocycles. The highest BCUT2D eigenvalue weighted by atomic mass is 79.9. The second kappa shape index (κ2) is 5.87. The van der Waals surface area contributed by atoms with Crippen molar-refractivity contribution in [3.63, 3.8) is 0 Å². The van der Waals surface area contributed by atoms with E-state index in [9.17, 15) is 4.79 Å². The Hall–Kier alpha value is -0.830. The minimum absolute atomic E-state index is 0.0828. The Kier molecular flexibility index (Phi) is 4.44. The van der Waals surface area contributed by atoms with Crippen molar-refractivity contribution in [1.29, 1.82) is 0 Å². The van der Waals surface area contributed by atoms with Crippen LogP contribution >= 0.6 is 39.1 Å². The van der Waals surface area contributed by atoms with Gasteiger partial charge < -0.3 is 0 Å². The van der Waals surface area contributed by atoms with Crippen LogP contribution in [-0.4, -0.2) is 5.78 Å². The number of carbonyl (C=O) groups excluding carboxylic acids is 1. The highest BCUT2D eigenvalue weighted by Crippen LogP contribution is 2.29. The Labute approximate surface area is 124 Å². The molecule has 0 aromatic heterocycles. The smallest absolute Gasteiger partial charge is 0.193 e. The normalized spacial score (nSPS) is 10.4. The highest BCUT2D eigenvalue weighted by molar-refractivity contribution is 9.08. The van der Waals surface area contributed by atoms with Crippen LogP contribution in [0.15, 0.2) is 42.5 Å². The molecule has 0 N–H and O–H groups in total. The molecule has 0 heterocycles. The fourth-order valence-electron chi connectivity index (χ4n) is 1.62. The van der Waals surface area contributed by atoms with Crippen molar-refractivity contribution in [2.45, 2.75) is 5.33 Å². The van der Waals surface area contributed by atoms with E-state index in [0.717, 1.165) is 5.56 Å². The molecule has 2 aromatic carbocycles. The Balaban J connectivity index is 2.44. The Morgan fingerprint density at radius 1 is 1.00 bits per heavy atom. The lowest BCUT2D eigenvalue weighted by Crippen LogP contribution is -2.02. The van der Waals surface area contributed by atoms with E-state index in [1.165, 1.54) is 0 Å². The molecular formula is C14H9BrCl2O. The average Bonchev–Trinajstić information content (AvgIpc) is 2.38. The molecule has 2 rings (SSSR count). The summed E-state index contributed by atoms with van der Waals surface area (Å²) in [6, 6.07) is 12.3. The van der Waals surface area contributed by atoms with Crippen LogP contribution in [0.5, 0.6) is 0 Å². The van der Waals surface area contributed by atoms with E-state index in [1.807, 2.05) is 18.2 Å². The van der Waals surface area contributed by atoms with Gasteiger partial charge in [0.15, 0.2) is 5.78 Å². The molecule has 4 heteroatoms. The van der Waals surface area contributed by atoms with Crippen molar-refractivity contribution in [2.75, 3.05) is 0 Å². The monoisotopic (exact) mass is 342 g/mol. The fourth-order valence-corrected chi connectivity index (χ4v) is 3.17. The molecule has 0 unspecified atom stereocenters. The summed E-state index contributed by atoms with van der Waals surface area (Å²) >= 11 is 15.5. The summed E-state index contributed by atoms with van der Waals surface area (Å²) in [6.07, 6.45) is 0. The zero-order valence-electron chi connectivity index (χ0n) is 9.29. The number of benzene rings is 2. The largest absolute Gasteiger partial charge is 0.289 e. The van der Waals surface area contributed by atoms with E-state index in [1.54, 1.807) is 24.3 Å². The number of hydrogen-bond acceptors (Lipinski definition) is 1. The molecular weight excluding hydrogens is 335 g/mol. The average molecular weight is 344 g/mol. The molecule has 0 aliphatic rings. The molecule has 0 saturated carbocycles. The first-order valence-corrected chi connectivity index (χ1v) is 7.15. The summed E-state index contributed by atoms with van der Waals surface area (Å²) in [4.78, 5) is 12.2. The van der Waals surface area contributed by atoms with Crippen LogP contribution in [0.3, 0.4) is 0 Å². The third-order valence-electron chi connectivity index (χ3n) is 2.57. The van der Waals surface area contributed by atoms with Gasteiger partial charge in [0.25, 0.3) is 0 Å². The van der Waals surface area contributed by atoms with E-state index in [4.69, 9.17) is 23.2 Å². The molecule has 0 amide bonds. The van der Waals surface area contributed by atoms with Gasteiger partial charge in [0, 0.05) is 26.5 Å². The summed E-state index contributed by atoms with van der Waals surface area (Å²) < 4.78 is 0. The van der Waals surface area contributed by atoms with Gasteiger partial charge in [-0.15, -0.1) is 0 Å². The van der Waals surface area contributed by atoms with Crippen LogP contribution in [0.1, 0.15) is 21.5 Å². The quantitative estimate of drug-likeness (QED) is 0.558. The van der Waals surface area contributed by atoms with Crippen LogP contribution in [0.25, 0.3) is 0 Å². The number of alkyl halides is 1. The molecule has 2 aromatic rings. The third-order valence-corrected chi connectivity index (χ3v) is 3.81. The van der Waals surface area contributed by atoms with Gasteiger partial charge in [0.05, 0.1) is 0 Å². The van der Waals surface area contributed by atoms with Crippen LogP contribution in [-0.2, 0) is 5.33 Å². The van der Waals surface area contributed by atoms with Gasteiger partial charge >= 0.3 is 0 Å². The Morgan fingerprint density at radius 2 is 1.56 bits per heavy atom. The van der Waals surface area contributed by atoms with Gasteiger partial charge in [-0.05, 0) is 17.7 Å². The zero-order valence-corrected chi connectivity index (χ0v) is 12.4. The van der Waals surface area contributed by atoms with E-state index in [-0.39, 0.29) is 5.78 Å². The number of halogens is 3. The third kappa shape index (κ3) is 2.77. The van der Waals surface area contributed by atoms with Gasteiger partial charge in [0.1, 0.15) is 0 Å². The zero-order chi connectivity index (χ0) is 13.1. The van der Waals surface area contributed by atoms with E-state index in [2.05, 4.69) is 15.9 Å². The lowest BCUT2D eigenvalue weighted by molar-refractivity contribution is 0.103. The maximum atomic E-state index is 12.2. The number of ketones is 1. The van der Waals surface area contributed by atoms with Crippen molar-refractivity contribution in [1.82, 2.24) is 0 Å². The SMILES string of the molecule is O=C(c1ccccc1)c1cc(Cl)c(CBr)c(Cl)c1. The number of rotatable bonds is 3. The van der Waals surface area contributed by atoms with Crippen LogP contribution in [0, 0.1) is 0 Å². The second-order valence-electron chi connectivity index (χ2n) is 3.75. The lowest BCUT2D eigenvalue weighted by atomic mass is 10.0. The molecule has 0 aliphatic carbocycles. The molecule has 0 fully saturated rings. The summed E-state index contributed by atoms with van der Waals surface area (Å²) in [5, 5.41) is 1.56. The lowest BCUT2D eigenvalue weighted by Gasteiger charge is -2.07.